The van der Waals surface area contributed by atoms with E-state index in [0.29, 0.717) is 19.4 Å². The van der Waals surface area contributed by atoms with Gasteiger partial charge in [-0.1, -0.05) is 56.2 Å². The van der Waals surface area contributed by atoms with Gasteiger partial charge in [-0.15, -0.1) is 0 Å². The van der Waals surface area contributed by atoms with E-state index in [1.807, 2.05) is 0 Å². The molecule has 2 N–H and O–H groups in total. The van der Waals surface area contributed by atoms with Gasteiger partial charge in [0.2, 0.25) is 5.91 Å². The molecule has 148 valence electrons. The monoisotopic (exact) mass is 363 g/mol. The molecular formula is C22H37NO3. The van der Waals surface area contributed by atoms with E-state index in [1.165, 1.54) is 25.7 Å². The van der Waals surface area contributed by atoms with Crippen LogP contribution in [-0.2, 0) is 9.59 Å². The number of amides is 1. The molecule has 0 aromatic carbocycles. The minimum Gasteiger partial charge on any atom is -0.481 e. The highest BCUT2D eigenvalue weighted by Gasteiger charge is 2.01. The Labute approximate surface area is 159 Å². The Balaban J connectivity index is 3.40. The number of carboxylic acid groups (broad SMARTS) is 1. The second-order valence-corrected chi connectivity index (χ2v) is 6.47. The summed E-state index contributed by atoms with van der Waals surface area (Å²) in [4.78, 5) is 21.9. The fourth-order valence-corrected chi connectivity index (χ4v) is 2.39. The van der Waals surface area contributed by atoms with Crippen LogP contribution in [0.3, 0.4) is 0 Å². The lowest BCUT2D eigenvalue weighted by Crippen LogP contribution is -2.24. The molecule has 0 heterocycles. The van der Waals surface area contributed by atoms with Gasteiger partial charge in [0.05, 0.1) is 0 Å². The summed E-state index contributed by atoms with van der Waals surface area (Å²) < 4.78 is 0. The number of carboxylic acids is 1. The molecule has 0 rings (SSSR count). The third kappa shape index (κ3) is 20.2. The molecule has 0 aromatic rings. The molecular weight excluding hydrogens is 326 g/mol. The quantitative estimate of drug-likeness (QED) is 0.263. The molecule has 0 bridgehead atoms. The molecule has 0 saturated carbocycles. The minimum absolute atomic E-state index is 0.0186. The van der Waals surface area contributed by atoms with Crippen molar-refractivity contribution in [2.45, 2.75) is 84.0 Å². The van der Waals surface area contributed by atoms with Crippen molar-refractivity contribution in [2.24, 2.45) is 0 Å². The minimum atomic E-state index is -0.820. The summed E-state index contributed by atoms with van der Waals surface area (Å²) in [6, 6.07) is 0. The predicted octanol–water partition coefficient (Wildman–Crippen LogP) is 5.56. The maximum Gasteiger partial charge on any atom is 0.303 e. The molecule has 4 nitrogen and oxygen atoms in total. The van der Waals surface area contributed by atoms with Crippen LogP contribution in [-0.4, -0.2) is 23.5 Å². The Morgan fingerprint density at radius 2 is 1.35 bits per heavy atom. The van der Waals surface area contributed by atoms with Gasteiger partial charge in [0.15, 0.2) is 0 Å². The average molecular weight is 364 g/mol. The van der Waals surface area contributed by atoms with Crippen LogP contribution in [0.1, 0.15) is 84.0 Å². The average Bonchev–Trinajstić information content (AvgIpc) is 2.62. The molecule has 0 aliphatic carbocycles. The highest BCUT2D eigenvalue weighted by molar-refractivity contribution is 5.75. The predicted molar refractivity (Wildman–Crippen MR) is 109 cm³/mol. The second kappa shape index (κ2) is 19.5. The highest BCUT2D eigenvalue weighted by Crippen LogP contribution is 2.03. The zero-order valence-electron chi connectivity index (χ0n) is 16.4. The van der Waals surface area contributed by atoms with Crippen molar-refractivity contribution < 1.29 is 14.7 Å². The molecule has 26 heavy (non-hydrogen) atoms. The first-order chi connectivity index (χ1) is 12.7. The molecule has 0 unspecified atom stereocenters. The molecule has 0 saturated heterocycles. The van der Waals surface area contributed by atoms with Gasteiger partial charge < -0.3 is 10.4 Å². The van der Waals surface area contributed by atoms with Crippen molar-refractivity contribution in [3.8, 4) is 0 Å². The summed E-state index contributed by atoms with van der Waals surface area (Å²) >= 11 is 0. The van der Waals surface area contributed by atoms with E-state index < -0.39 is 5.97 Å². The van der Waals surface area contributed by atoms with Gasteiger partial charge >= 0.3 is 5.97 Å². The van der Waals surface area contributed by atoms with Crippen LogP contribution >= 0.6 is 0 Å². The number of rotatable bonds is 17. The molecule has 0 aliphatic heterocycles. The maximum absolute atomic E-state index is 11.5. The van der Waals surface area contributed by atoms with E-state index in [4.69, 9.17) is 5.11 Å². The van der Waals surface area contributed by atoms with Gasteiger partial charge in [0.25, 0.3) is 0 Å². The normalized spacial score (nSPS) is 11.7. The lowest BCUT2D eigenvalue weighted by molar-refractivity contribution is -0.137. The number of hydrogen-bond acceptors (Lipinski definition) is 2. The largest absolute Gasteiger partial charge is 0.481 e. The number of carbonyl (C=O) groups excluding carboxylic acids is 1. The molecule has 0 radical (unpaired) electrons. The third-order valence-corrected chi connectivity index (χ3v) is 3.93. The van der Waals surface area contributed by atoms with Crippen LogP contribution in [0.2, 0.25) is 0 Å². The van der Waals surface area contributed by atoms with Crippen LogP contribution in [0.4, 0.5) is 0 Å². The number of nitrogens with one attached hydrogen (secondary N) is 1. The van der Waals surface area contributed by atoms with Crippen LogP contribution in [0, 0.1) is 0 Å². The van der Waals surface area contributed by atoms with E-state index >= 15 is 0 Å². The summed E-state index contributed by atoms with van der Waals surface area (Å²) in [5.74, 6) is -0.801. The Bertz CT molecular complexity index is 439. The summed E-state index contributed by atoms with van der Waals surface area (Å²) in [5.41, 5.74) is 0. The van der Waals surface area contributed by atoms with Gasteiger partial charge in [-0.2, -0.15) is 0 Å². The first-order valence-corrected chi connectivity index (χ1v) is 10.1. The molecule has 1 amide bonds. The van der Waals surface area contributed by atoms with Crippen LogP contribution in [0.5, 0.6) is 0 Å². The Hall–Kier alpha value is -1.84. The van der Waals surface area contributed by atoms with Crippen LogP contribution in [0.15, 0.2) is 36.5 Å². The van der Waals surface area contributed by atoms with E-state index in [-0.39, 0.29) is 12.3 Å². The Morgan fingerprint density at radius 1 is 0.769 bits per heavy atom. The first-order valence-electron chi connectivity index (χ1n) is 10.1. The first kappa shape index (κ1) is 24.2. The standard InChI is InChI=1S/C22H37NO3/c1-2-3-4-5-6-7-8-9-10-11-12-13-14-15-16-18-21(24)23-20-17-19-22(25)26/h6-7,9-10,12-13H,2-5,8,11,14-20H2,1H3,(H,23,24)(H,25,26)/b7-6-,10-9-,13-12-. The van der Waals surface area contributed by atoms with Gasteiger partial charge in [-0.3, -0.25) is 9.59 Å². The Kier molecular flexibility index (Phi) is 18.1. The Morgan fingerprint density at radius 3 is 1.92 bits per heavy atom. The van der Waals surface area contributed by atoms with Gasteiger partial charge in [0, 0.05) is 19.4 Å². The summed E-state index contributed by atoms with van der Waals surface area (Å²) in [6.45, 7) is 2.68. The second-order valence-electron chi connectivity index (χ2n) is 6.47. The van der Waals surface area contributed by atoms with Crippen molar-refractivity contribution in [3.05, 3.63) is 36.5 Å². The van der Waals surface area contributed by atoms with E-state index in [0.717, 1.165) is 32.1 Å². The molecule has 0 aliphatic rings. The zero-order chi connectivity index (χ0) is 19.3. The van der Waals surface area contributed by atoms with Crippen molar-refractivity contribution in [1.29, 1.82) is 0 Å². The van der Waals surface area contributed by atoms with Crippen molar-refractivity contribution >= 4 is 11.9 Å². The smallest absolute Gasteiger partial charge is 0.303 e. The molecule has 4 heteroatoms. The number of unbranched alkanes of at least 4 members (excludes halogenated alkanes) is 5. The fourth-order valence-electron chi connectivity index (χ4n) is 2.39. The lowest BCUT2D eigenvalue weighted by atomic mass is 10.1. The van der Waals surface area contributed by atoms with Crippen molar-refractivity contribution in [3.63, 3.8) is 0 Å². The summed E-state index contributed by atoms with van der Waals surface area (Å²) in [7, 11) is 0. The molecule has 0 aromatic heterocycles. The topological polar surface area (TPSA) is 66.4 Å². The third-order valence-electron chi connectivity index (χ3n) is 3.93. The SMILES string of the molecule is CCCCC/C=C\C/C=C\C/C=C\CCCCC(=O)NCCCC(=O)O. The number of aliphatic carboxylic acids is 1. The molecule has 0 fully saturated rings. The van der Waals surface area contributed by atoms with E-state index in [9.17, 15) is 9.59 Å². The van der Waals surface area contributed by atoms with Gasteiger partial charge in [0.1, 0.15) is 0 Å². The molecule has 0 spiro atoms. The van der Waals surface area contributed by atoms with Crippen molar-refractivity contribution in [1.82, 2.24) is 5.32 Å². The summed E-state index contributed by atoms with van der Waals surface area (Å²) in [5, 5.41) is 11.3. The number of allylic oxidation sites excluding steroid dienone is 6. The lowest BCUT2D eigenvalue weighted by Gasteiger charge is -2.03. The maximum atomic E-state index is 11.5. The summed E-state index contributed by atoms with van der Waals surface area (Å²) in [6.07, 6.45) is 24.3. The van der Waals surface area contributed by atoms with Crippen molar-refractivity contribution in [2.75, 3.05) is 6.54 Å². The fraction of sp³-hybridized carbons (Fsp3) is 0.636. The van der Waals surface area contributed by atoms with Crippen LogP contribution in [0.25, 0.3) is 0 Å². The highest BCUT2D eigenvalue weighted by atomic mass is 16.4. The van der Waals surface area contributed by atoms with E-state index in [2.05, 4.69) is 48.7 Å². The van der Waals surface area contributed by atoms with Gasteiger partial charge in [-0.05, 0) is 51.4 Å². The number of carbonyl (C=O) groups is 2. The zero-order valence-corrected chi connectivity index (χ0v) is 16.4. The number of hydrogen-bond donors (Lipinski definition) is 2. The van der Waals surface area contributed by atoms with E-state index in [1.54, 1.807) is 0 Å². The van der Waals surface area contributed by atoms with Crippen LogP contribution < -0.4 is 5.32 Å². The van der Waals surface area contributed by atoms with Gasteiger partial charge in [-0.25, -0.2) is 0 Å². The molecule has 0 atom stereocenters.